The van der Waals surface area contributed by atoms with E-state index in [0.29, 0.717) is 42.8 Å². The molecule has 2 aliphatic rings. The SMILES string of the molecule is CC.Cc1nn(CC(F)F)c2nc(N3CCC4(CN(c5ccnc(C(C)(F)F)c5)C4)C3=O)ncc12. The van der Waals surface area contributed by atoms with Gasteiger partial charge in [-0.2, -0.15) is 18.9 Å². The van der Waals surface area contributed by atoms with Crippen LogP contribution in [0.4, 0.5) is 29.2 Å². The number of fused-ring (bicyclic) bond motifs is 1. The van der Waals surface area contributed by atoms with E-state index in [2.05, 4.69) is 20.1 Å². The van der Waals surface area contributed by atoms with Gasteiger partial charge in [0, 0.05) is 44.6 Å². The van der Waals surface area contributed by atoms with Crippen LogP contribution in [0.15, 0.2) is 24.5 Å². The second kappa shape index (κ2) is 9.04. The van der Waals surface area contributed by atoms with Crippen LogP contribution in [-0.4, -0.2) is 56.7 Å². The first-order chi connectivity index (χ1) is 16.6. The van der Waals surface area contributed by atoms with Crippen molar-refractivity contribution < 1.29 is 22.4 Å². The van der Waals surface area contributed by atoms with Crippen LogP contribution in [-0.2, 0) is 17.3 Å². The third kappa shape index (κ3) is 4.41. The maximum absolute atomic E-state index is 13.6. The predicted molar refractivity (Wildman–Crippen MR) is 123 cm³/mol. The van der Waals surface area contributed by atoms with Crippen molar-refractivity contribution in [3.05, 3.63) is 35.9 Å². The number of aryl methyl sites for hydroxylation is 1. The van der Waals surface area contributed by atoms with Gasteiger partial charge in [0.2, 0.25) is 11.9 Å². The standard InChI is InChI=1S/C21H21F4N7O.C2H6/c1-12-14-8-27-19(28-17(14)32(29-12)9-16(22)23)31-6-4-21(18(31)33)10-30(11-21)13-3-5-26-15(7-13)20(2,24)25;1-2/h3,5,7-8,16H,4,6,9-11H2,1-2H3;1-2H3. The van der Waals surface area contributed by atoms with Gasteiger partial charge in [0.05, 0.1) is 16.5 Å². The summed E-state index contributed by atoms with van der Waals surface area (Å²) in [6.07, 6.45) is 0.797. The van der Waals surface area contributed by atoms with E-state index in [4.69, 9.17) is 0 Å². The van der Waals surface area contributed by atoms with Crippen molar-refractivity contribution in [2.75, 3.05) is 29.4 Å². The van der Waals surface area contributed by atoms with Crippen LogP contribution in [0.5, 0.6) is 0 Å². The third-order valence-corrected chi connectivity index (χ3v) is 6.27. The summed E-state index contributed by atoms with van der Waals surface area (Å²) < 4.78 is 54.2. The lowest BCUT2D eigenvalue weighted by molar-refractivity contribution is -0.126. The Morgan fingerprint density at radius 1 is 1.20 bits per heavy atom. The summed E-state index contributed by atoms with van der Waals surface area (Å²) in [6, 6.07) is 2.98. The van der Waals surface area contributed by atoms with Gasteiger partial charge in [0.25, 0.3) is 12.3 Å². The molecular weight excluding hydrogens is 466 g/mol. The Kier molecular flexibility index (Phi) is 6.41. The zero-order chi connectivity index (χ0) is 25.5. The number of nitrogens with zero attached hydrogens (tertiary/aromatic N) is 7. The summed E-state index contributed by atoms with van der Waals surface area (Å²) in [5.41, 5.74) is 0.396. The lowest BCUT2D eigenvalue weighted by Gasteiger charge is -2.47. The summed E-state index contributed by atoms with van der Waals surface area (Å²) in [5, 5.41) is 4.66. The van der Waals surface area contributed by atoms with Gasteiger partial charge in [-0.05, 0) is 25.5 Å². The van der Waals surface area contributed by atoms with Gasteiger partial charge in [-0.25, -0.2) is 18.4 Å². The van der Waals surface area contributed by atoms with Crippen LogP contribution in [0, 0.1) is 12.3 Å². The molecule has 12 heteroatoms. The van der Waals surface area contributed by atoms with E-state index in [0.717, 1.165) is 11.6 Å². The van der Waals surface area contributed by atoms with Crippen molar-refractivity contribution in [2.45, 2.75) is 53.0 Å². The molecule has 2 fully saturated rings. The molecule has 0 unspecified atom stereocenters. The fourth-order valence-electron chi connectivity index (χ4n) is 4.51. The number of hydrogen-bond donors (Lipinski definition) is 0. The first kappa shape index (κ1) is 24.8. The molecule has 5 heterocycles. The molecule has 2 saturated heterocycles. The Labute approximate surface area is 200 Å². The lowest BCUT2D eigenvalue weighted by atomic mass is 9.78. The van der Waals surface area contributed by atoms with E-state index >= 15 is 0 Å². The third-order valence-electron chi connectivity index (χ3n) is 6.27. The molecular formula is C23H27F4N7O. The van der Waals surface area contributed by atoms with Crippen molar-refractivity contribution in [3.8, 4) is 0 Å². The fourth-order valence-corrected chi connectivity index (χ4v) is 4.51. The van der Waals surface area contributed by atoms with Crippen LogP contribution in [0.3, 0.4) is 0 Å². The Morgan fingerprint density at radius 2 is 1.91 bits per heavy atom. The lowest BCUT2D eigenvalue weighted by Crippen LogP contribution is -2.60. The van der Waals surface area contributed by atoms with Gasteiger partial charge in [-0.1, -0.05) is 13.8 Å². The second-order valence-corrected chi connectivity index (χ2v) is 8.70. The number of aromatic nitrogens is 5. The Balaban J connectivity index is 0.00000141. The number of alkyl halides is 4. The molecule has 3 aromatic heterocycles. The quantitative estimate of drug-likeness (QED) is 0.497. The van der Waals surface area contributed by atoms with Crippen LogP contribution in [0.2, 0.25) is 0 Å². The van der Waals surface area contributed by atoms with Crippen LogP contribution in [0.1, 0.15) is 38.6 Å². The van der Waals surface area contributed by atoms with E-state index in [-0.39, 0.29) is 23.2 Å². The molecule has 2 aliphatic heterocycles. The van der Waals surface area contributed by atoms with Crippen molar-refractivity contribution in [3.63, 3.8) is 0 Å². The van der Waals surface area contributed by atoms with E-state index in [9.17, 15) is 22.4 Å². The number of halogens is 4. The minimum atomic E-state index is -3.05. The smallest absolute Gasteiger partial charge is 0.287 e. The van der Waals surface area contributed by atoms with Crippen molar-refractivity contribution in [1.82, 2.24) is 24.7 Å². The number of rotatable bonds is 5. The van der Waals surface area contributed by atoms with Gasteiger partial charge < -0.3 is 4.90 Å². The molecule has 3 aromatic rings. The van der Waals surface area contributed by atoms with E-state index in [1.54, 1.807) is 13.0 Å². The summed E-state index contributed by atoms with van der Waals surface area (Å²) in [5.74, 6) is -3.07. The van der Waals surface area contributed by atoms with Gasteiger partial charge >= 0.3 is 0 Å². The van der Waals surface area contributed by atoms with E-state index in [1.165, 1.54) is 23.4 Å². The minimum absolute atomic E-state index is 0.148. The largest absolute Gasteiger partial charge is 0.369 e. The van der Waals surface area contributed by atoms with Gasteiger partial charge in [-0.3, -0.25) is 14.7 Å². The number of hydrogen-bond acceptors (Lipinski definition) is 6. The number of carbonyl (C=O) groups excluding carboxylic acids is 1. The molecule has 0 bridgehead atoms. The van der Waals surface area contributed by atoms with E-state index < -0.39 is 24.3 Å². The predicted octanol–water partition coefficient (Wildman–Crippen LogP) is 4.18. The maximum Gasteiger partial charge on any atom is 0.287 e. The highest BCUT2D eigenvalue weighted by Crippen LogP contribution is 2.44. The molecule has 0 atom stereocenters. The molecule has 1 amide bonds. The van der Waals surface area contributed by atoms with Crippen molar-refractivity contribution >= 4 is 28.6 Å². The molecule has 0 aliphatic carbocycles. The van der Waals surface area contributed by atoms with Crippen molar-refractivity contribution in [2.24, 2.45) is 5.41 Å². The number of pyridine rings is 1. The Bertz CT molecular complexity index is 1230. The fraction of sp³-hybridized carbons (Fsp3) is 0.522. The minimum Gasteiger partial charge on any atom is -0.369 e. The normalized spacial score (nSPS) is 17.2. The highest BCUT2D eigenvalue weighted by molar-refractivity contribution is 6.01. The monoisotopic (exact) mass is 493 g/mol. The highest BCUT2D eigenvalue weighted by atomic mass is 19.3. The van der Waals surface area contributed by atoms with Gasteiger partial charge in [0.15, 0.2) is 5.65 Å². The first-order valence-corrected chi connectivity index (χ1v) is 11.5. The van der Waals surface area contributed by atoms with Gasteiger partial charge in [-0.15, -0.1) is 0 Å². The molecule has 0 aromatic carbocycles. The molecule has 188 valence electrons. The zero-order valence-corrected chi connectivity index (χ0v) is 20.0. The summed E-state index contributed by atoms with van der Waals surface area (Å²) in [7, 11) is 0. The van der Waals surface area contributed by atoms with Crippen LogP contribution < -0.4 is 9.80 Å². The second-order valence-electron chi connectivity index (χ2n) is 8.70. The van der Waals surface area contributed by atoms with Crippen LogP contribution >= 0.6 is 0 Å². The first-order valence-electron chi connectivity index (χ1n) is 11.5. The average molecular weight is 494 g/mol. The summed E-state index contributed by atoms with van der Waals surface area (Å²) in [6.45, 7) is 7.02. The molecule has 1 spiro atoms. The number of anilines is 2. The zero-order valence-electron chi connectivity index (χ0n) is 20.0. The molecule has 0 saturated carbocycles. The Hall–Kier alpha value is -3.31. The van der Waals surface area contributed by atoms with E-state index in [1.807, 2.05) is 18.7 Å². The molecule has 8 nitrogen and oxygen atoms in total. The topological polar surface area (TPSA) is 80.0 Å². The summed E-state index contributed by atoms with van der Waals surface area (Å²) >= 11 is 0. The summed E-state index contributed by atoms with van der Waals surface area (Å²) in [4.78, 5) is 29.0. The molecule has 0 radical (unpaired) electrons. The number of amides is 1. The molecule has 5 rings (SSSR count). The molecule has 35 heavy (non-hydrogen) atoms. The maximum atomic E-state index is 13.6. The molecule has 0 N–H and O–H groups in total. The van der Waals surface area contributed by atoms with Crippen molar-refractivity contribution in [1.29, 1.82) is 0 Å². The van der Waals surface area contributed by atoms with Crippen LogP contribution in [0.25, 0.3) is 11.0 Å². The van der Waals surface area contributed by atoms with Gasteiger partial charge in [0.1, 0.15) is 12.2 Å². The number of carbonyl (C=O) groups is 1. The average Bonchev–Trinajstić information content (AvgIpc) is 3.30. The Morgan fingerprint density at radius 3 is 2.57 bits per heavy atom. The highest BCUT2D eigenvalue weighted by Gasteiger charge is 2.55.